The Labute approximate surface area is 147 Å². The standard InChI is InChI=1S/C17H14F3N3O2S/c1-26(24,25)10-11-5-4-6-12(9-11)21-15-13-7-2-3-8-14(13)22-16(23-15)17(18,19)20/h2-9H,10H2,1H3,(H,21,22,23). The number of alkyl halides is 3. The molecule has 0 atom stereocenters. The first-order valence-corrected chi connectivity index (χ1v) is 9.55. The number of rotatable bonds is 4. The van der Waals surface area contributed by atoms with Gasteiger partial charge in [-0.15, -0.1) is 0 Å². The lowest BCUT2D eigenvalue weighted by molar-refractivity contribution is -0.144. The molecule has 0 amide bonds. The van der Waals surface area contributed by atoms with Gasteiger partial charge in [-0.25, -0.2) is 18.4 Å². The molecule has 0 saturated carbocycles. The minimum Gasteiger partial charge on any atom is -0.340 e. The van der Waals surface area contributed by atoms with E-state index in [0.29, 0.717) is 16.6 Å². The molecular weight excluding hydrogens is 367 g/mol. The van der Waals surface area contributed by atoms with Crippen LogP contribution in [-0.4, -0.2) is 24.6 Å². The minimum absolute atomic E-state index is 0.000527. The van der Waals surface area contributed by atoms with Crippen molar-refractivity contribution in [1.29, 1.82) is 0 Å². The first kappa shape index (κ1) is 18.1. The first-order chi connectivity index (χ1) is 12.1. The molecule has 0 saturated heterocycles. The van der Waals surface area contributed by atoms with E-state index in [1.165, 1.54) is 6.07 Å². The summed E-state index contributed by atoms with van der Waals surface area (Å²) in [5, 5.41) is 3.26. The van der Waals surface area contributed by atoms with Crippen molar-refractivity contribution >= 4 is 32.2 Å². The fraction of sp³-hybridized carbons (Fsp3) is 0.176. The minimum atomic E-state index is -4.68. The van der Waals surface area contributed by atoms with Gasteiger partial charge in [0.05, 0.1) is 11.3 Å². The number of anilines is 2. The maximum absolute atomic E-state index is 13.1. The summed E-state index contributed by atoms with van der Waals surface area (Å²) in [5.41, 5.74) is 1.11. The molecule has 0 aliphatic heterocycles. The third kappa shape index (κ3) is 4.29. The molecule has 0 bridgehead atoms. The summed E-state index contributed by atoms with van der Waals surface area (Å²) in [4.78, 5) is 7.17. The van der Waals surface area contributed by atoms with E-state index in [0.717, 1.165) is 6.26 Å². The third-order valence-electron chi connectivity index (χ3n) is 3.48. The number of halogens is 3. The first-order valence-electron chi connectivity index (χ1n) is 7.49. The summed E-state index contributed by atoms with van der Waals surface area (Å²) in [6.45, 7) is 0. The highest BCUT2D eigenvalue weighted by atomic mass is 32.2. The largest absolute Gasteiger partial charge is 0.451 e. The molecule has 9 heteroatoms. The summed E-state index contributed by atoms with van der Waals surface area (Å²) in [6, 6.07) is 12.8. The molecule has 136 valence electrons. The number of benzene rings is 2. The van der Waals surface area contributed by atoms with E-state index in [9.17, 15) is 21.6 Å². The zero-order valence-electron chi connectivity index (χ0n) is 13.6. The fourth-order valence-electron chi connectivity index (χ4n) is 2.48. The number of nitrogens with one attached hydrogen (secondary N) is 1. The number of para-hydroxylation sites is 1. The highest BCUT2D eigenvalue weighted by Crippen LogP contribution is 2.31. The SMILES string of the molecule is CS(=O)(=O)Cc1cccc(Nc2nc(C(F)(F)F)nc3ccccc23)c1. The normalized spacial score (nSPS) is 12.3. The molecule has 1 N–H and O–H groups in total. The number of fused-ring (bicyclic) bond motifs is 1. The van der Waals surface area contributed by atoms with Gasteiger partial charge in [0, 0.05) is 17.3 Å². The average Bonchev–Trinajstić information content (AvgIpc) is 2.52. The molecule has 0 spiro atoms. The molecular formula is C17H14F3N3O2S. The smallest absolute Gasteiger partial charge is 0.340 e. The molecule has 3 aromatic rings. The summed E-state index contributed by atoms with van der Waals surface area (Å²) in [7, 11) is -3.23. The van der Waals surface area contributed by atoms with E-state index in [2.05, 4.69) is 15.3 Å². The highest BCUT2D eigenvalue weighted by Gasteiger charge is 2.35. The zero-order chi connectivity index (χ0) is 18.9. The van der Waals surface area contributed by atoms with E-state index < -0.39 is 21.8 Å². The topological polar surface area (TPSA) is 72.0 Å². The van der Waals surface area contributed by atoms with Gasteiger partial charge in [-0.1, -0.05) is 24.3 Å². The maximum Gasteiger partial charge on any atom is 0.451 e. The van der Waals surface area contributed by atoms with E-state index in [1.54, 1.807) is 42.5 Å². The Morgan fingerprint density at radius 2 is 1.77 bits per heavy atom. The molecule has 0 radical (unpaired) electrons. The number of nitrogens with zero attached hydrogens (tertiary/aromatic N) is 2. The van der Waals surface area contributed by atoms with Crippen LogP contribution in [0.2, 0.25) is 0 Å². The predicted molar refractivity (Wildman–Crippen MR) is 92.8 cm³/mol. The molecule has 0 unspecified atom stereocenters. The van der Waals surface area contributed by atoms with Crippen molar-refractivity contribution < 1.29 is 21.6 Å². The average molecular weight is 381 g/mol. The fourth-order valence-corrected chi connectivity index (χ4v) is 3.26. The predicted octanol–water partition coefficient (Wildman–Crippen LogP) is 3.94. The second-order valence-electron chi connectivity index (χ2n) is 5.81. The van der Waals surface area contributed by atoms with Gasteiger partial charge in [-0.3, -0.25) is 0 Å². The Balaban J connectivity index is 2.04. The maximum atomic E-state index is 13.1. The lowest BCUT2D eigenvalue weighted by Gasteiger charge is -2.13. The van der Waals surface area contributed by atoms with Gasteiger partial charge in [0.25, 0.3) is 0 Å². The van der Waals surface area contributed by atoms with Crippen LogP contribution in [0.5, 0.6) is 0 Å². The van der Waals surface area contributed by atoms with Crippen LogP contribution in [0.4, 0.5) is 24.7 Å². The quantitative estimate of drug-likeness (QED) is 0.741. The van der Waals surface area contributed by atoms with E-state index in [1.807, 2.05) is 0 Å². The van der Waals surface area contributed by atoms with Crippen molar-refractivity contribution in [3.05, 3.63) is 59.9 Å². The van der Waals surface area contributed by atoms with Gasteiger partial charge in [0.1, 0.15) is 5.82 Å². The summed E-state index contributed by atoms with van der Waals surface area (Å²) in [6.07, 6.45) is -3.57. The van der Waals surface area contributed by atoms with Gasteiger partial charge in [-0.2, -0.15) is 13.2 Å². The second-order valence-corrected chi connectivity index (χ2v) is 7.95. The monoisotopic (exact) mass is 381 g/mol. The van der Waals surface area contributed by atoms with Gasteiger partial charge in [0.2, 0.25) is 5.82 Å². The van der Waals surface area contributed by atoms with Crippen molar-refractivity contribution in [2.75, 3.05) is 11.6 Å². The van der Waals surface area contributed by atoms with Crippen LogP contribution in [0.1, 0.15) is 11.4 Å². The lowest BCUT2D eigenvalue weighted by atomic mass is 10.2. The van der Waals surface area contributed by atoms with Gasteiger partial charge < -0.3 is 5.32 Å². The molecule has 1 heterocycles. The molecule has 0 aliphatic carbocycles. The van der Waals surface area contributed by atoms with E-state index in [4.69, 9.17) is 0 Å². The van der Waals surface area contributed by atoms with Crippen LogP contribution in [0.25, 0.3) is 10.9 Å². The zero-order valence-corrected chi connectivity index (χ0v) is 14.4. The summed E-state index contributed by atoms with van der Waals surface area (Å²) < 4.78 is 62.1. The van der Waals surface area contributed by atoms with Crippen LogP contribution >= 0.6 is 0 Å². The molecule has 3 rings (SSSR count). The van der Waals surface area contributed by atoms with Crippen molar-refractivity contribution in [2.24, 2.45) is 0 Å². The Kier molecular flexibility index (Phi) is 4.57. The van der Waals surface area contributed by atoms with Crippen molar-refractivity contribution in [3.63, 3.8) is 0 Å². The van der Waals surface area contributed by atoms with Gasteiger partial charge in [0.15, 0.2) is 9.84 Å². The Bertz CT molecular complexity index is 1070. The van der Waals surface area contributed by atoms with Crippen LogP contribution in [0.15, 0.2) is 48.5 Å². The molecule has 0 aliphatic rings. The van der Waals surface area contributed by atoms with Gasteiger partial charge >= 0.3 is 6.18 Å². The summed E-state index contributed by atoms with van der Waals surface area (Å²) >= 11 is 0. The Hall–Kier alpha value is -2.68. The van der Waals surface area contributed by atoms with Crippen molar-refractivity contribution in [3.8, 4) is 0 Å². The van der Waals surface area contributed by atoms with Crippen molar-refractivity contribution in [2.45, 2.75) is 11.9 Å². The molecule has 26 heavy (non-hydrogen) atoms. The number of hydrogen-bond donors (Lipinski definition) is 1. The number of hydrogen-bond acceptors (Lipinski definition) is 5. The van der Waals surface area contributed by atoms with E-state index >= 15 is 0 Å². The number of sulfone groups is 1. The van der Waals surface area contributed by atoms with Crippen LogP contribution in [-0.2, 0) is 21.8 Å². The van der Waals surface area contributed by atoms with Gasteiger partial charge in [-0.05, 0) is 29.8 Å². The summed E-state index contributed by atoms with van der Waals surface area (Å²) in [5.74, 6) is -1.41. The molecule has 0 fully saturated rings. The second kappa shape index (κ2) is 6.56. The van der Waals surface area contributed by atoms with Crippen LogP contribution < -0.4 is 5.32 Å². The number of aromatic nitrogens is 2. The van der Waals surface area contributed by atoms with Crippen molar-refractivity contribution in [1.82, 2.24) is 9.97 Å². The molecule has 1 aromatic heterocycles. The third-order valence-corrected chi connectivity index (χ3v) is 4.33. The molecule has 2 aromatic carbocycles. The Morgan fingerprint density at radius 1 is 1.04 bits per heavy atom. The lowest BCUT2D eigenvalue weighted by Crippen LogP contribution is -2.12. The molecule has 5 nitrogen and oxygen atoms in total. The van der Waals surface area contributed by atoms with Crippen LogP contribution in [0.3, 0.4) is 0 Å². The van der Waals surface area contributed by atoms with E-state index in [-0.39, 0.29) is 17.1 Å². The Morgan fingerprint density at radius 3 is 2.46 bits per heavy atom. The van der Waals surface area contributed by atoms with Crippen LogP contribution in [0, 0.1) is 0 Å². The highest BCUT2D eigenvalue weighted by molar-refractivity contribution is 7.89.